The third-order valence-electron chi connectivity index (χ3n) is 3.08. The summed E-state index contributed by atoms with van der Waals surface area (Å²) >= 11 is 1.83. The van der Waals surface area contributed by atoms with Crippen LogP contribution >= 0.6 is 11.3 Å². The smallest absolute Gasteiger partial charge is 0.108 e. The normalized spacial score (nSPS) is 12.8. The van der Waals surface area contributed by atoms with Crippen molar-refractivity contribution in [2.75, 3.05) is 7.05 Å². The van der Waals surface area contributed by atoms with E-state index in [1.165, 1.54) is 10.4 Å². The van der Waals surface area contributed by atoms with Crippen molar-refractivity contribution in [3.8, 4) is 0 Å². The fourth-order valence-electron chi connectivity index (χ4n) is 2.15. The number of thiophene rings is 1. The maximum Gasteiger partial charge on any atom is 0.108 e. The molecule has 92 valence electrons. The van der Waals surface area contributed by atoms with E-state index in [0.717, 1.165) is 25.0 Å². The van der Waals surface area contributed by atoms with Gasteiger partial charge in [0.15, 0.2) is 0 Å². The molecule has 1 atom stereocenters. The molecule has 1 unspecified atom stereocenters. The first kappa shape index (κ1) is 12.4. The highest BCUT2D eigenvalue weighted by Gasteiger charge is 2.15. The van der Waals surface area contributed by atoms with Gasteiger partial charge in [-0.1, -0.05) is 13.0 Å². The predicted octanol–water partition coefficient (Wildman–Crippen LogP) is 3.80. The van der Waals surface area contributed by atoms with E-state index < -0.39 is 0 Å². The molecule has 0 aliphatic carbocycles. The van der Waals surface area contributed by atoms with Crippen molar-refractivity contribution in [2.45, 2.75) is 32.2 Å². The van der Waals surface area contributed by atoms with Gasteiger partial charge >= 0.3 is 0 Å². The summed E-state index contributed by atoms with van der Waals surface area (Å²) in [4.78, 5) is 1.45. The first-order valence-corrected chi connectivity index (χ1v) is 6.99. The zero-order valence-corrected chi connectivity index (χ0v) is 11.2. The lowest BCUT2D eigenvalue weighted by Crippen LogP contribution is -2.17. The van der Waals surface area contributed by atoms with E-state index in [4.69, 9.17) is 4.42 Å². The van der Waals surface area contributed by atoms with Crippen molar-refractivity contribution in [1.82, 2.24) is 5.32 Å². The summed E-state index contributed by atoms with van der Waals surface area (Å²) in [6.07, 6.45) is 4.99. The van der Waals surface area contributed by atoms with Crippen molar-refractivity contribution < 1.29 is 4.42 Å². The molecule has 2 heterocycles. The summed E-state index contributed by atoms with van der Waals surface area (Å²) in [5, 5.41) is 5.52. The Morgan fingerprint density at radius 3 is 2.94 bits per heavy atom. The van der Waals surface area contributed by atoms with Crippen molar-refractivity contribution in [3.63, 3.8) is 0 Å². The van der Waals surface area contributed by atoms with E-state index in [2.05, 4.69) is 35.8 Å². The van der Waals surface area contributed by atoms with Crippen LogP contribution in [0, 0.1) is 0 Å². The molecule has 2 nitrogen and oxygen atoms in total. The van der Waals surface area contributed by atoms with Crippen LogP contribution in [0.2, 0.25) is 0 Å². The van der Waals surface area contributed by atoms with Crippen molar-refractivity contribution in [3.05, 3.63) is 46.0 Å². The van der Waals surface area contributed by atoms with Gasteiger partial charge in [-0.15, -0.1) is 11.3 Å². The van der Waals surface area contributed by atoms with Crippen LogP contribution in [0.3, 0.4) is 0 Å². The number of aryl methyl sites for hydroxylation is 2. The molecule has 0 radical (unpaired) electrons. The highest BCUT2D eigenvalue weighted by Crippen LogP contribution is 2.25. The minimum atomic E-state index is 0.394. The van der Waals surface area contributed by atoms with Crippen LogP contribution in [-0.4, -0.2) is 7.05 Å². The molecule has 3 heteroatoms. The third kappa shape index (κ3) is 2.99. The van der Waals surface area contributed by atoms with Gasteiger partial charge in [-0.25, -0.2) is 0 Å². The molecule has 2 aromatic heterocycles. The molecule has 0 aliphatic rings. The van der Waals surface area contributed by atoms with E-state index in [9.17, 15) is 0 Å². The molecule has 2 aromatic rings. The first-order chi connectivity index (χ1) is 8.35. The fourth-order valence-corrected chi connectivity index (χ4v) is 2.87. The van der Waals surface area contributed by atoms with Crippen LogP contribution in [0.25, 0.3) is 0 Å². The summed E-state index contributed by atoms with van der Waals surface area (Å²) in [6.45, 7) is 2.13. The molecule has 1 N–H and O–H groups in total. The highest BCUT2D eigenvalue weighted by atomic mass is 32.1. The molecule has 0 spiro atoms. The summed E-state index contributed by atoms with van der Waals surface area (Å²) in [5.41, 5.74) is 1.31. The Morgan fingerprint density at radius 2 is 2.29 bits per heavy atom. The highest BCUT2D eigenvalue weighted by molar-refractivity contribution is 7.09. The largest absolute Gasteiger partial charge is 0.469 e. The molecule has 0 aromatic carbocycles. The summed E-state index contributed by atoms with van der Waals surface area (Å²) in [6, 6.07) is 6.80. The molecule has 0 amide bonds. The van der Waals surface area contributed by atoms with E-state index in [0.29, 0.717) is 6.04 Å². The van der Waals surface area contributed by atoms with Crippen LogP contribution < -0.4 is 5.32 Å². The molecule has 0 aliphatic heterocycles. The molecular weight excluding hydrogens is 230 g/mol. The number of hydrogen-bond donors (Lipinski definition) is 1. The molecular formula is C14H19NOS. The van der Waals surface area contributed by atoms with Gasteiger partial charge in [0.05, 0.1) is 6.26 Å². The molecule has 17 heavy (non-hydrogen) atoms. The van der Waals surface area contributed by atoms with Gasteiger partial charge in [0.2, 0.25) is 0 Å². The number of furan rings is 1. The lowest BCUT2D eigenvalue weighted by molar-refractivity contribution is 0.487. The second-order valence-corrected chi connectivity index (χ2v) is 5.14. The summed E-state index contributed by atoms with van der Waals surface area (Å²) < 4.78 is 5.50. The third-order valence-corrected chi connectivity index (χ3v) is 4.02. The number of rotatable bonds is 6. The van der Waals surface area contributed by atoms with Crippen LogP contribution in [0.15, 0.2) is 34.3 Å². The van der Waals surface area contributed by atoms with Crippen molar-refractivity contribution in [1.29, 1.82) is 0 Å². The monoisotopic (exact) mass is 249 g/mol. The average Bonchev–Trinajstić information content (AvgIpc) is 3.00. The van der Waals surface area contributed by atoms with Crippen LogP contribution in [0.4, 0.5) is 0 Å². The first-order valence-electron chi connectivity index (χ1n) is 6.11. The molecule has 0 bridgehead atoms. The Hall–Kier alpha value is -1.06. The Balaban J connectivity index is 2.01. The molecule has 0 fully saturated rings. The van der Waals surface area contributed by atoms with Crippen molar-refractivity contribution >= 4 is 11.3 Å². The zero-order chi connectivity index (χ0) is 12.1. The van der Waals surface area contributed by atoms with Gasteiger partial charge in [-0.2, -0.15) is 0 Å². The quantitative estimate of drug-likeness (QED) is 0.842. The Morgan fingerprint density at radius 1 is 1.41 bits per heavy atom. The molecule has 0 saturated carbocycles. The van der Waals surface area contributed by atoms with E-state index >= 15 is 0 Å². The van der Waals surface area contributed by atoms with Gasteiger partial charge in [0, 0.05) is 22.9 Å². The van der Waals surface area contributed by atoms with Gasteiger partial charge in [-0.05, 0) is 37.4 Å². The maximum atomic E-state index is 5.50. The van der Waals surface area contributed by atoms with E-state index in [-0.39, 0.29) is 0 Å². The van der Waals surface area contributed by atoms with Crippen LogP contribution in [0.1, 0.15) is 35.6 Å². The second-order valence-electron chi connectivity index (χ2n) is 4.11. The van der Waals surface area contributed by atoms with Crippen LogP contribution in [0.5, 0.6) is 0 Å². The van der Waals surface area contributed by atoms with Crippen molar-refractivity contribution in [2.24, 2.45) is 0 Å². The SMILES string of the molecule is CCc1occc1C(CCc1cccs1)NC. The van der Waals surface area contributed by atoms with Crippen LogP contribution in [-0.2, 0) is 12.8 Å². The molecule has 2 rings (SSSR count). The Labute approximate surface area is 107 Å². The number of hydrogen-bond acceptors (Lipinski definition) is 3. The van der Waals surface area contributed by atoms with E-state index in [1.807, 2.05) is 18.4 Å². The van der Waals surface area contributed by atoms with E-state index in [1.54, 1.807) is 6.26 Å². The summed E-state index contributed by atoms with van der Waals surface area (Å²) in [7, 11) is 2.02. The predicted molar refractivity (Wildman–Crippen MR) is 72.5 cm³/mol. The van der Waals surface area contributed by atoms with Gasteiger partial charge in [-0.3, -0.25) is 0 Å². The minimum Gasteiger partial charge on any atom is -0.469 e. The number of nitrogens with one attached hydrogen (secondary N) is 1. The average molecular weight is 249 g/mol. The van der Waals surface area contributed by atoms with Gasteiger partial charge < -0.3 is 9.73 Å². The zero-order valence-electron chi connectivity index (χ0n) is 10.4. The summed E-state index contributed by atoms with van der Waals surface area (Å²) in [5.74, 6) is 1.11. The molecule has 0 saturated heterocycles. The fraction of sp³-hybridized carbons (Fsp3) is 0.429. The second kappa shape index (κ2) is 6.03. The maximum absolute atomic E-state index is 5.50. The lowest BCUT2D eigenvalue weighted by Gasteiger charge is -2.15. The topological polar surface area (TPSA) is 25.2 Å². The Kier molecular flexibility index (Phi) is 4.40. The van der Waals surface area contributed by atoms with Gasteiger partial charge in [0.1, 0.15) is 5.76 Å². The van der Waals surface area contributed by atoms with Gasteiger partial charge in [0.25, 0.3) is 0 Å². The Bertz CT molecular complexity index is 433. The lowest BCUT2D eigenvalue weighted by atomic mass is 10.0. The standard InChI is InChI=1S/C14H19NOS/c1-3-14-12(8-9-16-14)13(15-2)7-6-11-5-4-10-17-11/h4-5,8-10,13,15H,3,6-7H2,1-2H3. The minimum absolute atomic E-state index is 0.394.